The normalized spacial score (nSPS) is 11.8. The Morgan fingerprint density at radius 1 is 1.13 bits per heavy atom. The molecule has 1 N–H and O–H groups in total. The fourth-order valence-corrected chi connectivity index (χ4v) is 2.40. The van der Waals surface area contributed by atoms with E-state index in [1.807, 2.05) is 30.3 Å². The lowest BCUT2D eigenvalue weighted by atomic mass is 9.97. The lowest BCUT2D eigenvalue weighted by Gasteiger charge is -2.16. The van der Waals surface area contributed by atoms with Gasteiger partial charge in [0, 0.05) is 11.3 Å². The number of anilines is 1. The second kappa shape index (κ2) is 8.37. The molecule has 1 atom stereocenters. The number of hydrogen-bond donors (Lipinski definition) is 1. The number of benzene rings is 2. The highest BCUT2D eigenvalue weighted by molar-refractivity contribution is 6.04. The summed E-state index contributed by atoms with van der Waals surface area (Å²) in [6.45, 7) is 7.03. The Morgan fingerprint density at radius 3 is 2.65 bits per heavy atom. The number of ether oxygens (including phenoxy) is 1. The van der Waals surface area contributed by atoms with Crippen LogP contribution in [-0.2, 0) is 0 Å². The summed E-state index contributed by atoms with van der Waals surface area (Å²) in [5.74, 6) is 1.03. The first-order valence-electron chi connectivity index (χ1n) is 8.28. The minimum atomic E-state index is -0.109. The summed E-state index contributed by atoms with van der Waals surface area (Å²) >= 11 is 0. The van der Waals surface area contributed by atoms with Crippen LogP contribution in [0.15, 0.2) is 48.5 Å². The van der Waals surface area contributed by atoms with Gasteiger partial charge in [0.05, 0.1) is 6.61 Å². The molecule has 2 aromatic carbocycles. The zero-order chi connectivity index (χ0) is 16.7. The van der Waals surface area contributed by atoms with Gasteiger partial charge in [0.1, 0.15) is 5.75 Å². The largest absolute Gasteiger partial charge is 0.494 e. The van der Waals surface area contributed by atoms with Gasteiger partial charge < -0.3 is 10.1 Å². The van der Waals surface area contributed by atoms with E-state index in [0.29, 0.717) is 18.1 Å². The van der Waals surface area contributed by atoms with Crippen LogP contribution in [0.3, 0.4) is 0 Å². The molecule has 3 heteroatoms. The van der Waals surface area contributed by atoms with Crippen LogP contribution in [0.5, 0.6) is 5.75 Å². The van der Waals surface area contributed by atoms with E-state index in [9.17, 15) is 4.79 Å². The van der Waals surface area contributed by atoms with Crippen LogP contribution in [0.25, 0.3) is 0 Å². The van der Waals surface area contributed by atoms with Crippen molar-refractivity contribution in [3.8, 4) is 5.75 Å². The Bertz CT molecular complexity index is 652. The Morgan fingerprint density at radius 2 is 1.91 bits per heavy atom. The predicted molar refractivity (Wildman–Crippen MR) is 95.3 cm³/mol. The molecule has 23 heavy (non-hydrogen) atoms. The van der Waals surface area contributed by atoms with Gasteiger partial charge in [-0.1, -0.05) is 45.0 Å². The third-order valence-electron chi connectivity index (χ3n) is 3.92. The first-order chi connectivity index (χ1) is 11.2. The van der Waals surface area contributed by atoms with Gasteiger partial charge in [0.25, 0.3) is 5.91 Å². The van der Waals surface area contributed by atoms with Gasteiger partial charge in [0.15, 0.2) is 0 Å². The minimum absolute atomic E-state index is 0.109. The monoisotopic (exact) mass is 311 g/mol. The molecule has 0 aliphatic rings. The van der Waals surface area contributed by atoms with E-state index in [-0.39, 0.29) is 5.91 Å². The lowest BCUT2D eigenvalue weighted by Crippen LogP contribution is -2.14. The molecule has 1 amide bonds. The summed E-state index contributed by atoms with van der Waals surface area (Å²) in [5.41, 5.74) is 2.66. The zero-order valence-corrected chi connectivity index (χ0v) is 14.1. The van der Waals surface area contributed by atoms with Crippen molar-refractivity contribution in [1.29, 1.82) is 0 Å². The van der Waals surface area contributed by atoms with Crippen molar-refractivity contribution in [2.75, 3.05) is 11.9 Å². The molecule has 0 heterocycles. The molecular formula is C20H25NO2. The summed E-state index contributed by atoms with van der Waals surface area (Å²) in [4.78, 5) is 12.5. The van der Waals surface area contributed by atoms with Crippen LogP contribution in [0, 0.1) is 0 Å². The van der Waals surface area contributed by atoms with Crippen LogP contribution in [0.2, 0.25) is 0 Å². The molecule has 2 aromatic rings. The predicted octanol–water partition coefficient (Wildman–Crippen LogP) is 5.24. The van der Waals surface area contributed by atoms with Gasteiger partial charge in [-0.05, 0) is 48.6 Å². The van der Waals surface area contributed by atoms with Crippen LogP contribution in [-0.4, -0.2) is 12.5 Å². The van der Waals surface area contributed by atoms with Crippen molar-refractivity contribution >= 4 is 11.6 Å². The molecule has 0 aliphatic carbocycles. The van der Waals surface area contributed by atoms with Crippen molar-refractivity contribution in [1.82, 2.24) is 0 Å². The van der Waals surface area contributed by atoms with Gasteiger partial charge in [0.2, 0.25) is 0 Å². The average molecular weight is 311 g/mol. The molecule has 0 spiro atoms. The highest BCUT2D eigenvalue weighted by atomic mass is 16.5. The van der Waals surface area contributed by atoms with E-state index >= 15 is 0 Å². The van der Waals surface area contributed by atoms with Crippen molar-refractivity contribution in [3.05, 3.63) is 59.7 Å². The second-order valence-corrected chi connectivity index (χ2v) is 5.73. The summed E-state index contributed by atoms with van der Waals surface area (Å²) in [6.07, 6.45) is 1.98. The first-order valence-corrected chi connectivity index (χ1v) is 8.28. The van der Waals surface area contributed by atoms with E-state index in [1.54, 1.807) is 12.1 Å². The van der Waals surface area contributed by atoms with Crippen LogP contribution >= 0.6 is 0 Å². The molecule has 0 aromatic heterocycles. The number of carbonyl (C=O) groups excluding carboxylic acids is 1. The molecule has 0 bridgehead atoms. The molecule has 122 valence electrons. The van der Waals surface area contributed by atoms with Crippen molar-refractivity contribution in [3.63, 3.8) is 0 Å². The van der Waals surface area contributed by atoms with E-state index < -0.39 is 0 Å². The number of hydrogen-bond acceptors (Lipinski definition) is 2. The minimum Gasteiger partial charge on any atom is -0.494 e. The molecule has 0 unspecified atom stereocenters. The summed E-state index contributed by atoms with van der Waals surface area (Å²) in [6, 6.07) is 15.3. The number of rotatable bonds is 7. The number of amides is 1. The molecule has 0 aliphatic heterocycles. The van der Waals surface area contributed by atoms with Gasteiger partial charge >= 0.3 is 0 Å². The van der Waals surface area contributed by atoms with Crippen LogP contribution < -0.4 is 10.1 Å². The second-order valence-electron chi connectivity index (χ2n) is 5.73. The average Bonchev–Trinajstić information content (AvgIpc) is 2.60. The van der Waals surface area contributed by atoms with Crippen molar-refractivity contribution in [2.24, 2.45) is 0 Å². The van der Waals surface area contributed by atoms with Crippen molar-refractivity contribution in [2.45, 2.75) is 39.5 Å². The summed E-state index contributed by atoms with van der Waals surface area (Å²) in [7, 11) is 0. The Hall–Kier alpha value is -2.29. The quantitative estimate of drug-likeness (QED) is 0.759. The Balaban J connectivity index is 2.16. The van der Waals surface area contributed by atoms with E-state index in [0.717, 1.165) is 24.3 Å². The summed E-state index contributed by atoms with van der Waals surface area (Å²) in [5, 5.41) is 3.03. The highest BCUT2D eigenvalue weighted by Crippen LogP contribution is 2.27. The van der Waals surface area contributed by atoms with Gasteiger partial charge in [-0.25, -0.2) is 0 Å². The van der Waals surface area contributed by atoms with Crippen molar-refractivity contribution < 1.29 is 9.53 Å². The molecule has 0 radical (unpaired) electrons. The molecule has 0 saturated heterocycles. The zero-order valence-electron chi connectivity index (χ0n) is 14.1. The topological polar surface area (TPSA) is 38.3 Å². The maximum Gasteiger partial charge on any atom is 0.255 e. The highest BCUT2D eigenvalue weighted by Gasteiger charge is 2.12. The van der Waals surface area contributed by atoms with E-state index in [2.05, 4.69) is 32.2 Å². The van der Waals surface area contributed by atoms with Crippen LogP contribution in [0.1, 0.15) is 55.5 Å². The summed E-state index contributed by atoms with van der Waals surface area (Å²) < 4.78 is 5.60. The van der Waals surface area contributed by atoms with E-state index in [1.165, 1.54) is 5.56 Å². The maximum atomic E-state index is 12.5. The Labute approximate surface area is 138 Å². The van der Waals surface area contributed by atoms with E-state index in [4.69, 9.17) is 4.74 Å². The van der Waals surface area contributed by atoms with Gasteiger partial charge in [-0.3, -0.25) is 4.79 Å². The smallest absolute Gasteiger partial charge is 0.255 e. The number of carbonyl (C=O) groups is 1. The molecule has 0 fully saturated rings. The SMILES string of the molecule is CCCOc1cccc(C(=O)Nc2ccccc2[C@@H](C)CC)c1. The molecule has 2 rings (SSSR count). The fraction of sp³-hybridized carbons (Fsp3) is 0.350. The molecule has 3 nitrogen and oxygen atoms in total. The molecular weight excluding hydrogens is 286 g/mol. The van der Waals surface area contributed by atoms with Gasteiger partial charge in [-0.15, -0.1) is 0 Å². The first kappa shape index (κ1) is 17.1. The maximum absolute atomic E-state index is 12.5. The van der Waals surface area contributed by atoms with Gasteiger partial charge in [-0.2, -0.15) is 0 Å². The molecule has 0 saturated carbocycles. The standard InChI is InChI=1S/C20H25NO2/c1-4-13-23-17-10-8-9-16(14-17)20(22)21-19-12-7-6-11-18(19)15(3)5-2/h6-12,14-15H,4-5,13H2,1-3H3,(H,21,22)/t15-/m0/s1. The fourth-order valence-electron chi connectivity index (χ4n) is 2.40. The third-order valence-corrected chi connectivity index (χ3v) is 3.92. The lowest BCUT2D eigenvalue weighted by molar-refractivity contribution is 0.102. The van der Waals surface area contributed by atoms with Crippen LogP contribution in [0.4, 0.5) is 5.69 Å². The number of nitrogens with one attached hydrogen (secondary N) is 1. The number of para-hydroxylation sites is 1. The Kier molecular flexibility index (Phi) is 6.21. The third kappa shape index (κ3) is 4.59.